The summed E-state index contributed by atoms with van der Waals surface area (Å²) in [5.74, 6) is 0.791. The van der Waals surface area contributed by atoms with E-state index in [1.807, 2.05) is 42.5 Å². The van der Waals surface area contributed by atoms with E-state index in [9.17, 15) is 4.79 Å². The molecule has 1 unspecified atom stereocenters. The molecule has 2 amide bonds. The van der Waals surface area contributed by atoms with Crippen LogP contribution in [0.3, 0.4) is 0 Å². The molecule has 0 spiro atoms. The molecule has 0 aliphatic heterocycles. The molecular weight excluding hydrogens is 406 g/mol. The van der Waals surface area contributed by atoms with Crippen LogP contribution in [-0.4, -0.2) is 22.0 Å². The highest BCUT2D eigenvalue weighted by molar-refractivity contribution is 9.10. The van der Waals surface area contributed by atoms with Crippen LogP contribution in [0.4, 0.5) is 16.3 Å². The minimum atomic E-state index is -0.144. The third-order valence-corrected chi connectivity index (χ3v) is 5.02. The third-order valence-electron chi connectivity index (χ3n) is 4.53. The Morgan fingerprint density at radius 2 is 1.93 bits per heavy atom. The fourth-order valence-corrected chi connectivity index (χ4v) is 3.23. The molecule has 0 radical (unpaired) electrons. The van der Waals surface area contributed by atoms with Crippen molar-refractivity contribution < 1.29 is 4.79 Å². The van der Waals surface area contributed by atoms with Crippen molar-refractivity contribution in [3.63, 3.8) is 0 Å². The molecule has 138 valence electrons. The van der Waals surface area contributed by atoms with Gasteiger partial charge in [-0.1, -0.05) is 28.1 Å². The summed E-state index contributed by atoms with van der Waals surface area (Å²) >= 11 is 3.50. The smallest absolute Gasteiger partial charge is 0.319 e. The van der Waals surface area contributed by atoms with Crippen LogP contribution in [0.5, 0.6) is 0 Å². The normalized spacial score (nSPS) is 14.6. The van der Waals surface area contributed by atoms with Crippen molar-refractivity contribution in [3.8, 4) is 0 Å². The SMILES string of the molecule is CC(Nc1ncnc2ccc(Br)cc12)c1ccc(NC(=O)NC2CC2)cc1. The van der Waals surface area contributed by atoms with Crippen LogP contribution in [0, 0.1) is 0 Å². The molecule has 1 fully saturated rings. The topological polar surface area (TPSA) is 78.9 Å². The molecule has 1 aliphatic carbocycles. The predicted octanol–water partition coefficient (Wildman–Crippen LogP) is 4.85. The molecular formula is C20H20BrN5O. The van der Waals surface area contributed by atoms with Gasteiger partial charge in [0.25, 0.3) is 0 Å². The number of anilines is 2. The van der Waals surface area contributed by atoms with E-state index in [4.69, 9.17) is 0 Å². The van der Waals surface area contributed by atoms with Gasteiger partial charge in [0.15, 0.2) is 0 Å². The number of hydrogen-bond donors (Lipinski definition) is 3. The van der Waals surface area contributed by atoms with Crippen LogP contribution >= 0.6 is 15.9 Å². The van der Waals surface area contributed by atoms with Crippen LogP contribution in [0.2, 0.25) is 0 Å². The van der Waals surface area contributed by atoms with Gasteiger partial charge < -0.3 is 16.0 Å². The molecule has 7 heteroatoms. The second-order valence-electron chi connectivity index (χ2n) is 6.74. The van der Waals surface area contributed by atoms with Crippen molar-refractivity contribution in [2.45, 2.75) is 31.8 Å². The van der Waals surface area contributed by atoms with Gasteiger partial charge >= 0.3 is 6.03 Å². The van der Waals surface area contributed by atoms with Crippen LogP contribution in [0.1, 0.15) is 31.4 Å². The Morgan fingerprint density at radius 1 is 1.15 bits per heavy atom. The average molecular weight is 426 g/mol. The second kappa shape index (κ2) is 7.52. The lowest BCUT2D eigenvalue weighted by atomic mass is 10.1. The number of nitrogens with one attached hydrogen (secondary N) is 3. The van der Waals surface area contributed by atoms with E-state index in [-0.39, 0.29) is 12.1 Å². The number of benzene rings is 2. The standard InChI is InChI=1S/C20H20BrN5O/c1-12(24-19-17-10-14(21)4-9-18(17)22-11-23-19)13-2-5-15(6-3-13)25-20(27)26-16-7-8-16/h2-6,9-12,16H,7-8H2,1H3,(H,22,23,24)(H2,25,26,27). The lowest BCUT2D eigenvalue weighted by Crippen LogP contribution is -2.30. The van der Waals surface area contributed by atoms with E-state index >= 15 is 0 Å². The van der Waals surface area contributed by atoms with Crippen molar-refractivity contribution >= 4 is 44.4 Å². The molecule has 1 saturated carbocycles. The summed E-state index contributed by atoms with van der Waals surface area (Å²) in [7, 11) is 0. The fourth-order valence-electron chi connectivity index (χ4n) is 2.87. The number of nitrogens with zero attached hydrogens (tertiary/aromatic N) is 2. The van der Waals surface area contributed by atoms with E-state index < -0.39 is 0 Å². The predicted molar refractivity (Wildman–Crippen MR) is 111 cm³/mol. The zero-order valence-corrected chi connectivity index (χ0v) is 16.5. The monoisotopic (exact) mass is 425 g/mol. The highest BCUT2D eigenvalue weighted by Gasteiger charge is 2.23. The number of aromatic nitrogens is 2. The lowest BCUT2D eigenvalue weighted by molar-refractivity contribution is 0.251. The van der Waals surface area contributed by atoms with Crippen molar-refractivity contribution in [3.05, 3.63) is 58.8 Å². The fraction of sp³-hybridized carbons (Fsp3) is 0.250. The van der Waals surface area contributed by atoms with Crippen LogP contribution in [0.15, 0.2) is 53.3 Å². The molecule has 1 aliphatic rings. The highest BCUT2D eigenvalue weighted by atomic mass is 79.9. The number of halogens is 1. The quantitative estimate of drug-likeness (QED) is 0.545. The van der Waals surface area contributed by atoms with Gasteiger partial charge in [-0.05, 0) is 55.7 Å². The van der Waals surface area contributed by atoms with E-state index in [1.54, 1.807) is 6.33 Å². The van der Waals surface area contributed by atoms with E-state index in [1.165, 1.54) is 0 Å². The van der Waals surface area contributed by atoms with Gasteiger partial charge in [0.05, 0.1) is 5.52 Å². The first-order chi connectivity index (χ1) is 13.1. The molecule has 1 heterocycles. The van der Waals surface area contributed by atoms with Gasteiger partial charge in [-0.2, -0.15) is 0 Å². The summed E-state index contributed by atoms with van der Waals surface area (Å²) in [4.78, 5) is 20.5. The van der Waals surface area contributed by atoms with Gasteiger partial charge in [0.1, 0.15) is 12.1 Å². The number of hydrogen-bond acceptors (Lipinski definition) is 4. The first kappa shape index (κ1) is 17.7. The third kappa shape index (κ3) is 4.36. The van der Waals surface area contributed by atoms with Crippen LogP contribution < -0.4 is 16.0 Å². The van der Waals surface area contributed by atoms with Crippen molar-refractivity contribution in [1.82, 2.24) is 15.3 Å². The molecule has 0 bridgehead atoms. The molecule has 4 rings (SSSR count). The van der Waals surface area contributed by atoms with Crippen molar-refractivity contribution in [2.75, 3.05) is 10.6 Å². The molecule has 3 aromatic rings. The molecule has 2 aromatic carbocycles. The number of urea groups is 1. The van der Waals surface area contributed by atoms with Crippen molar-refractivity contribution in [1.29, 1.82) is 0 Å². The Balaban J connectivity index is 1.46. The summed E-state index contributed by atoms with van der Waals surface area (Å²) in [6.45, 7) is 2.08. The molecule has 0 saturated heterocycles. The largest absolute Gasteiger partial charge is 0.363 e. The lowest BCUT2D eigenvalue weighted by Gasteiger charge is -2.17. The summed E-state index contributed by atoms with van der Waals surface area (Å²) in [6.07, 6.45) is 3.71. The van der Waals surface area contributed by atoms with Gasteiger partial charge in [-0.3, -0.25) is 0 Å². The Kier molecular flexibility index (Phi) is 4.94. The minimum absolute atomic E-state index is 0.0522. The number of carbonyl (C=O) groups excluding carboxylic acids is 1. The maximum Gasteiger partial charge on any atom is 0.319 e. The van der Waals surface area contributed by atoms with Gasteiger partial charge in [0, 0.05) is 27.6 Å². The number of carbonyl (C=O) groups is 1. The van der Waals surface area contributed by atoms with Gasteiger partial charge in [-0.25, -0.2) is 14.8 Å². The maximum atomic E-state index is 11.8. The molecule has 3 N–H and O–H groups in total. The average Bonchev–Trinajstić information content (AvgIpc) is 3.46. The van der Waals surface area contributed by atoms with E-state index in [0.29, 0.717) is 6.04 Å². The number of fused-ring (bicyclic) bond motifs is 1. The summed E-state index contributed by atoms with van der Waals surface area (Å²) in [5.41, 5.74) is 2.77. The second-order valence-corrected chi connectivity index (χ2v) is 7.66. The maximum absolute atomic E-state index is 11.8. The minimum Gasteiger partial charge on any atom is -0.363 e. The number of rotatable bonds is 5. The molecule has 6 nitrogen and oxygen atoms in total. The summed E-state index contributed by atoms with van der Waals surface area (Å²) in [5, 5.41) is 10.2. The Morgan fingerprint density at radius 3 is 2.67 bits per heavy atom. The van der Waals surface area contributed by atoms with E-state index in [0.717, 1.165) is 45.3 Å². The first-order valence-electron chi connectivity index (χ1n) is 8.93. The summed E-state index contributed by atoms with van der Waals surface area (Å²) < 4.78 is 0.986. The molecule has 1 atom stereocenters. The van der Waals surface area contributed by atoms with Gasteiger partial charge in [-0.15, -0.1) is 0 Å². The molecule has 27 heavy (non-hydrogen) atoms. The Labute approximate surface area is 165 Å². The van der Waals surface area contributed by atoms with Crippen molar-refractivity contribution in [2.24, 2.45) is 0 Å². The zero-order valence-electron chi connectivity index (χ0n) is 14.9. The highest BCUT2D eigenvalue weighted by Crippen LogP contribution is 2.27. The zero-order chi connectivity index (χ0) is 18.8. The molecule has 1 aromatic heterocycles. The van der Waals surface area contributed by atoms with Crippen LogP contribution in [-0.2, 0) is 0 Å². The van der Waals surface area contributed by atoms with Gasteiger partial charge in [0.2, 0.25) is 0 Å². The summed E-state index contributed by atoms with van der Waals surface area (Å²) in [6, 6.07) is 14.0. The Hall–Kier alpha value is -2.67. The van der Waals surface area contributed by atoms with Crippen LogP contribution in [0.25, 0.3) is 10.9 Å². The Bertz CT molecular complexity index is 972. The first-order valence-corrected chi connectivity index (χ1v) is 9.72. The number of amides is 2. The van der Waals surface area contributed by atoms with E-state index in [2.05, 4.69) is 48.8 Å².